The van der Waals surface area contributed by atoms with Gasteiger partial charge in [0.25, 0.3) is 10.0 Å². The molecule has 0 radical (unpaired) electrons. The number of rotatable bonds is 8. The number of anilines is 1. The highest BCUT2D eigenvalue weighted by molar-refractivity contribution is 7.92. The van der Waals surface area contributed by atoms with Crippen LogP contribution >= 0.6 is 0 Å². The van der Waals surface area contributed by atoms with Gasteiger partial charge in [0.05, 0.1) is 23.3 Å². The average molecular weight is 426 g/mol. The molecule has 0 aliphatic carbocycles. The summed E-state index contributed by atoms with van der Waals surface area (Å²) in [7, 11) is -2.16. The number of esters is 1. The number of hydrogen-bond donors (Lipinski definition) is 0. The van der Waals surface area contributed by atoms with Crippen molar-refractivity contribution in [3.05, 3.63) is 90.0 Å². The first-order valence-electron chi connectivity index (χ1n) is 9.43. The monoisotopic (exact) mass is 425 g/mol. The Bertz CT molecular complexity index is 1080. The first-order valence-corrected chi connectivity index (χ1v) is 10.9. The zero-order valence-electron chi connectivity index (χ0n) is 16.8. The first kappa shape index (κ1) is 21.4. The van der Waals surface area contributed by atoms with Gasteiger partial charge in [-0.05, 0) is 61.0 Å². The third-order valence-corrected chi connectivity index (χ3v) is 6.46. The van der Waals surface area contributed by atoms with Gasteiger partial charge in [-0.25, -0.2) is 13.2 Å². The van der Waals surface area contributed by atoms with Gasteiger partial charge in [-0.3, -0.25) is 4.31 Å². The standard InChI is InChI=1S/C23H23NO5S/c1-3-24(20-7-5-4-6-8-20)30(26,27)22-15-11-19(12-16-22)23(25)29-17-18-9-13-21(28-2)14-10-18/h4-16H,3,17H2,1-2H3. The van der Waals surface area contributed by atoms with E-state index in [2.05, 4.69) is 0 Å². The summed E-state index contributed by atoms with van der Waals surface area (Å²) in [5.74, 6) is 0.198. The maximum atomic E-state index is 13.0. The number of sulfonamides is 1. The van der Waals surface area contributed by atoms with Crippen molar-refractivity contribution in [1.82, 2.24) is 0 Å². The van der Waals surface area contributed by atoms with Crippen LogP contribution < -0.4 is 9.04 Å². The number of ether oxygens (including phenoxy) is 2. The van der Waals surface area contributed by atoms with Gasteiger partial charge in [0.1, 0.15) is 12.4 Å². The molecule has 0 atom stereocenters. The molecular weight excluding hydrogens is 402 g/mol. The molecule has 6 nitrogen and oxygen atoms in total. The first-order chi connectivity index (χ1) is 14.5. The van der Waals surface area contributed by atoms with Crippen LogP contribution in [-0.2, 0) is 21.4 Å². The van der Waals surface area contributed by atoms with Gasteiger partial charge in [-0.1, -0.05) is 30.3 Å². The fourth-order valence-electron chi connectivity index (χ4n) is 2.93. The van der Waals surface area contributed by atoms with Crippen molar-refractivity contribution in [2.45, 2.75) is 18.4 Å². The van der Waals surface area contributed by atoms with Crippen molar-refractivity contribution >= 4 is 21.7 Å². The molecule has 0 heterocycles. The van der Waals surface area contributed by atoms with Gasteiger partial charge >= 0.3 is 5.97 Å². The molecule has 0 spiro atoms. The molecule has 0 fully saturated rings. The van der Waals surface area contributed by atoms with Crippen LogP contribution in [0, 0.1) is 0 Å². The van der Waals surface area contributed by atoms with E-state index < -0.39 is 16.0 Å². The maximum absolute atomic E-state index is 13.0. The fourth-order valence-corrected chi connectivity index (χ4v) is 4.40. The SMILES string of the molecule is CCN(c1ccccc1)S(=O)(=O)c1ccc(C(=O)OCc2ccc(OC)cc2)cc1. The summed E-state index contributed by atoms with van der Waals surface area (Å²) < 4.78 is 37.7. The zero-order valence-corrected chi connectivity index (χ0v) is 17.6. The Morgan fingerprint density at radius 3 is 2.10 bits per heavy atom. The predicted octanol–water partition coefficient (Wildman–Crippen LogP) is 4.27. The topological polar surface area (TPSA) is 72.9 Å². The van der Waals surface area contributed by atoms with Crippen LogP contribution in [0.5, 0.6) is 5.75 Å². The van der Waals surface area contributed by atoms with E-state index in [1.807, 2.05) is 18.2 Å². The molecule has 0 aliphatic heterocycles. The lowest BCUT2D eigenvalue weighted by atomic mass is 10.2. The number of carbonyl (C=O) groups excluding carboxylic acids is 1. The normalized spacial score (nSPS) is 11.0. The van der Waals surface area contributed by atoms with Crippen LogP contribution in [0.25, 0.3) is 0 Å². The average Bonchev–Trinajstić information content (AvgIpc) is 2.79. The van der Waals surface area contributed by atoms with Crippen molar-refractivity contribution in [3.63, 3.8) is 0 Å². The minimum absolute atomic E-state index is 0.111. The van der Waals surface area contributed by atoms with Crippen LogP contribution in [0.1, 0.15) is 22.8 Å². The van der Waals surface area contributed by atoms with E-state index in [4.69, 9.17) is 9.47 Å². The van der Waals surface area contributed by atoms with E-state index in [1.54, 1.807) is 50.4 Å². The molecule has 3 rings (SSSR count). The largest absolute Gasteiger partial charge is 0.497 e. The number of hydrogen-bond acceptors (Lipinski definition) is 5. The molecular formula is C23H23NO5S. The van der Waals surface area contributed by atoms with Crippen molar-refractivity contribution in [1.29, 1.82) is 0 Å². The quantitative estimate of drug-likeness (QED) is 0.504. The Labute approximate surface area is 176 Å². The maximum Gasteiger partial charge on any atom is 0.338 e. The molecule has 0 amide bonds. The lowest BCUT2D eigenvalue weighted by Gasteiger charge is -2.22. The molecule has 0 bridgehead atoms. The Morgan fingerprint density at radius 2 is 1.53 bits per heavy atom. The lowest BCUT2D eigenvalue weighted by molar-refractivity contribution is 0.0472. The third kappa shape index (κ3) is 4.80. The van der Waals surface area contributed by atoms with E-state index in [1.165, 1.54) is 28.6 Å². The Kier molecular flexibility index (Phi) is 6.74. The van der Waals surface area contributed by atoms with E-state index in [0.29, 0.717) is 5.69 Å². The van der Waals surface area contributed by atoms with Crippen molar-refractivity contribution < 1.29 is 22.7 Å². The summed E-state index contributed by atoms with van der Waals surface area (Å²) >= 11 is 0. The van der Waals surface area contributed by atoms with Crippen LogP contribution in [0.3, 0.4) is 0 Å². The van der Waals surface area contributed by atoms with E-state index in [0.717, 1.165) is 11.3 Å². The van der Waals surface area contributed by atoms with Crippen LogP contribution in [0.2, 0.25) is 0 Å². The highest BCUT2D eigenvalue weighted by Crippen LogP contribution is 2.23. The molecule has 0 aliphatic rings. The van der Waals surface area contributed by atoms with Crippen LogP contribution in [0.15, 0.2) is 83.8 Å². The second-order valence-electron chi connectivity index (χ2n) is 6.45. The van der Waals surface area contributed by atoms with Gasteiger partial charge in [0, 0.05) is 6.54 Å². The molecule has 156 valence electrons. The van der Waals surface area contributed by atoms with Gasteiger partial charge in [0.2, 0.25) is 0 Å². The van der Waals surface area contributed by atoms with E-state index in [-0.39, 0.29) is 23.6 Å². The van der Waals surface area contributed by atoms with Gasteiger partial charge in [-0.2, -0.15) is 0 Å². The lowest BCUT2D eigenvalue weighted by Crippen LogP contribution is -2.30. The molecule has 0 saturated carbocycles. The molecule has 0 N–H and O–H groups in total. The number of nitrogens with zero attached hydrogens (tertiary/aromatic N) is 1. The van der Waals surface area contributed by atoms with Crippen LogP contribution in [0.4, 0.5) is 5.69 Å². The second kappa shape index (κ2) is 9.45. The number of methoxy groups -OCH3 is 1. The highest BCUT2D eigenvalue weighted by Gasteiger charge is 2.23. The van der Waals surface area contributed by atoms with Crippen LogP contribution in [-0.4, -0.2) is 28.0 Å². The summed E-state index contributed by atoms with van der Waals surface area (Å²) in [6, 6.07) is 21.8. The minimum atomic E-state index is -3.74. The van der Waals surface area contributed by atoms with E-state index >= 15 is 0 Å². The molecule has 0 unspecified atom stereocenters. The Hall–Kier alpha value is -3.32. The molecule has 7 heteroatoms. The van der Waals surface area contributed by atoms with Crippen molar-refractivity contribution in [2.24, 2.45) is 0 Å². The van der Waals surface area contributed by atoms with E-state index in [9.17, 15) is 13.2 Å². The Morgan fingerprint density at radius 1 is 0.900 bits per heavy atom. The molecule has 30 heavy (non-hydrogen) atoms. The summed E-state index contributed by atoms with van der Waals surface area (Å²) in [6.45, 7) is 2.17. The Balaban J connectivity index is 1.70. The fraction of sp³-hybridized carbons (Fsp3) is 0.174. The molecule has 3 aromatic carbocycles. The minimum Gasteiger partial charge on any atom is -0.497 e. The summed E-state index contributed by atoms with van der Waals surface area (Å²) in [5, 5.41) is 0. The summed E-state index contributed by atoms with van der Waals surface area (Å²) in [4.78, 5) is 12.4. The summed E-state index contributed by atoms with van der Waals surface area (Å²) in [6.07, 6.45) is 0. The molecule has 0 saturated heterocycles. The highest BCUT2D eigenvalue weighted by atomic mass is 32.2. The number of para-hydroxylation sites is 1. The second-order valence-corrected chi connectivity index (χ2v) is 8.32. The smallest absolute Gasteiger partial charge is 0.338 e. The molecule has 0 aromatic heterocycles. The van der Waals surface area contributed by atoms with Gasteiger partial charge in [-0.15, -0.1) is 0 Å². The predicted molar refractivity (Wildman–Crippen MR) is 115 cm³/mol. The summed E-state index contributed by atoms with van der Waals surface area (Å²) in [5.41, 5.74) is 1.69. The van der Waals surface area contributed by atoms with Gasteiger partial charge < -0.3 is 9.47 Å². The zero-order chi connectivity index (χ0) is 21.6. The van der Waals surface area contributed by atoms with Crippen molar-refractivity contribution in [2.75, 3.05) is 18.0 Å². The number of benzene rings is 3. The van der Waals surface area contributed by atoms with Crippen molar-refractivity contribution in [3.8, 4) is 5.75 Å². The molecule has 3 aromatic rings. The van der Waals surface area contributed by atoms with Gasteiger partial charge in [0.15, 0.2) is 0 Å². The third-order valence-electron chi connectivity index (χ3n) is 4.54. The number of carbonyl (C=O) groups is 1.